The van der Waals surface area contributed by atoms with Crippen LogP contribution in [-0.4, -0.2) is 30.6 Å². The van der Waals surface area contributed by atoms with Crippen LogP contribution < -0.4 is 0 Å². The number of thiophene rings is 1. The first kappa shape index (κ1) is 11.0. The second kappa shape index (κ2) is 3.67. The van der Waals surface area contributed by atoms with Crippen LogP contribution in [0.25, 0.3) is 21.6 Å². The van der Waals surface area contributed by atoms with Gasteiger partial charge in [-0.25, -0.2) is 4.79 Å². The molecule has 18 heavy (non-hydrogen) atoms. The number of aryl methyl sites for hydroxylation is 2. The second-order valence-corrected chi connectivity index (χ2v) is 4.98. The fourth-order valence-corrected chi connectivity index (χ4v) is 2.85. The molecule has 0 saturated carbocycles. The Bertz CT molecular complexity index is 752. The Balaban J connectivity index is 2.30. The van der Waals surface area contributed by atoms with Gasteiger partial charge in [0, 0.05) is 25.7 Å². The van der Waals surface area contributed by atoms with Crippen molar-refractivity contribution < 1.29 is 9.90 Å². The van der Waals surface area contributed by atoms with E-state index in [0.29, 0.717) is 4.88 Å². The number of carboxylic acids is 1. The molecule has 0 saturated heterocycles. The Hall–Kier alpha value is -2.15. The van der Waals surface area contributed by atoms with E-state index in [1.165, 1.54) is 11.3 Å². The molecule has 0 aliphatic rings. The topological polar surface area (TPSA) is 72.9 Å². The van der Waals surface area contributed by atoms with Crippen LogP contribution in [0.15, 0.2) is 18.3 Å². The molecule has 0 amide bonds. The maximum Gasteiger partial charge on any atom is 0.345 e. The van der Waals surface area contributed by atoms with Gasteiger partial charge in [-0.15, -0.1) is 11.3 Å². The molecular weight excluding hydrogens is 252 g/mol. The third-order valence-electron chi connectivity index (χ3n) is 2.79. The third-order valence-corrected chi connectivity index (χ3v) is 3.98. The van der Waals surface area contributed by atoms with Gasteiger partial charge >= 0.3 is 5.97 Å². The SMILES string of the molecule is Cn1nccc1-c1nn(C)c2sc(C(=O)O)cc12. The number of hydrogen-bond acceptors (Lipinski definition) is 4. The number of carbonyl (C=O) groups is 1. The summed E-state index contributed by atoms with van der Waals surface area (Å²) in [5.41, 5.74) is 1.63. The number of fused-ring (bicyclic) bond motifs is 1. The lowest BCUT2D eigenvalue weighted by Gasteiger charge is -1.97. The van der Waals surface area contributed by atoms with Crippen molar-refractivity contribution in [1.29, 1.82) is 0 Å². The number of nitrogens with zero attached hydrogens (tertiary/aromatic N) is 4. The average Bonchev–Trinajstić information content (AvgIpc) is 2.96. The first-order chi connectivity index (χ1) is 8.58. The van der Waals surface area contributed by atoms with E-state index in [1.54, 1.807) is 21.6 Å². The van der Waals surface area contributed by atoms with Crippen LogP contribution in [-0.2, 0) is 14.1 Å². The van der Waals surface area contributed by atoms with E-state index in [4.69, 9.17) is 5.11 Å². The van der Waals surface area contributed by atoms with Crippen molar-refractivity contribution in [3.05, 3.63) is 23.2 Å². The van der Waals surface area contributed by atoms with E-state index >= 15 is 0 Å². The van der Waals surface area contributed by atoms with Crippen LogP contribution in [0.1, 0.15) is 9.67 Å². The zero-order valence-corrected chi connectivity index (χ0v) is 10.6. The lowest BCUT2D eigenvalue weighted by molar-refractivity contribution is 0.0702. The third kappa shape index (κ3) is 1.44. The standard InChI is InChI=1S/C11H10N4O2S/c1-14-7(3-4-12-14)9-6-5-8(11(16)17)18-10(6)15(2)13-9/h3-5H,1-2H3,(H,16,17). The molecule has 3 aromatic heterocycles. The molecule has 0 aliphatic carbocycles. The lowest BCUT2D eigenvalue weighted by atomic mass is 10.2. The van der Waals surface area contributed by atoms with Crippen molar-refractivity contribution in [3.8, 4) is 11.4 Å². The van der Waals surface area contributed by atoms with Crippen molar-refractivity contribution in [2.75, 3.05) is 0 Å². The van der Waals surface area contributed by atoms with Gasteiger partial charge in [-0.3, -0.25) is 9.36 Å². The first-order valence-corrected chi connectivity index (χ1v) is 6.08. The summed E-state index contributed by atoms with van der Waals surface area (Å²) in [4.78, 5) is 12.2. The normalized spacial score (nSPS) is 11.2. The van der Waals surface area contributed by atoms with Crippen LogP contribution >= 0.6 is 11.3 Å². The van der Waals surface area contributed by atoms with Gasteiger partial charge in [0.2, 0.25) is 0 Å². The minimum atomic E-state index is -0.910. The van der Waals surface area contributed by atoms with E-state index in [-0.39, 0.29) is 0 Å². The van der Waals surface area contributed by atoms with Gasteiger partial charge < -0.3 is 5.11 Å². The van der Waals surface area contributed by atoms with Gasteiger partial charge in [-0.1, -0.05) is 0 Å². The zero-order chi connectivity index (χ0) is 12.9. The Morgan fingerprint density at radius 3 is 2.78 bits per heavy atom. The summed E-state index contributed by atoms with van der Waals surface area (Å²) >= 11 is 1.23. The zero-order valence-electron chi connectivity index (χ0n) is 9.78. The number of hydrogen-bond donors (Lipinski definition) is 1. The molecule has 92 valence electrons. The summed E-state index contributed by atoms with van der Waals surface area (Å²) in [6.07, 6.45) is 1.69. The molecule has 0 atom stereocenters. The second-order valence-electron chi connectivity index (χ2n) is 3.95. The number of rotatable bonds is 2. The Morgan fingerprint density at radius 1 is 1.39 bits per heavy atom. The Morgan fingerprint density at radius 2 is 2.17 bits per heavy atom. The van der Waals surface area contributed by atoms with Crippen LogP contribution in [0, 0.1) is 0 Å². The van der Waals surface area contributed by atoms with Crippen LogP contribution in [0.2, 0.25) is 0 Å². The van der Waals surface area contributed by atoms with Crippen molar-refractivity contribution >= 4 is 27.5 Å². The predicted octanol–water partition coefficient (Wildman–Crippen LogP) is 1.73. The first-order valence-electron chi connectivity index (χ1n) is 5.26. The van der Waals surface area contributed by atoms with E-state index in [2.05, 4.69) is 10.2 Å². The molecule has 0 aromatic carbocycles. The largest absolute Gasteiger partial charge is 0.477 e. The minimum absolute atomic E-state index is 0.321. The van der Waals surface area contributed by atoms with Crippen LogP contribution in [0.4, 0.5) is 0 Å². The molecule has 6 nitrogen and oxygen atoms in total. The summed E-state index contributed by atoms with van der Waals surface area (Å²) in [5.74, 6) is -0.910. The van der Waals surface area contributed by atoms with Gasteiger partial charge in [0.25, 0.3) is 0 Å². The maximum absolute atomic E-state index is 11.0. The maximum atomic E-state index is 11.0. The fourth-order valence-electron chi connectivity index (χ4n) is 1.94. The van der Waals surface area contributed by atoms with E-state index in [0.717, 1.165) is 21.6 Å². The lowest BCUT2D eigenvalue weighted by Crippen LogP contribution is -1.96. The molecule has 0 fully saturated rings. The quantitative estimate of drug-likeness (QED) is 0.763. The summed E-state index contributed by atoms with van der Waals surface area (Å²) in [5, 5.41) is 18.4. The summed E-state index contributed by atoms with van der Waals surface area (Å²) in [7, 11) is 3.64. The smallest absolute Gasteiger partial charge is 0.345 e. The highest BCUT2D eigenvalue weighted by Crippen LogP contribution is 2.33. The average molecular weight is 262 g/mol. The van der Waals surface area contributed by atoms with Crippen LogP contribution in [0.3, 0.4) is 0 Å². The summed E-state index contributed by atoms with van der Waals surface area (Å²) in [6, 6.07) is 3.53. The molecular formula is C11H10N4O2S. The van der Waals surface area contributed by atoms with Gasteiger partial charge in [0.1, 0.15) is 15.4 Å². The highest BCUT2D eigenvalue weighted by atomic mass is 32.1. The molecule has 3 heterocycles. The summed E-state index contributed by atoms with van der Waals surface area (Å²) < 4.78 is 3.43. The molecule has 3 aromatic rings. The highest BCUT2D eigenvalue weighted by Gasteiger charge is 2.18. The monoisotopic (exact) mass is 262 g/mol. The Labute approximate surface area is 106 Å². The van der Waals surface area contributed by atoms with E-state index in [1.807, 2.05) is 20.2 Å². The summed E-state index contributed by atoms with van der Waals surface area (Å²) in [6.45, 7) is 0. The van der Waals surface area contributed by atoms with Gasteiger partial charge in [0.05, 0.1) is 5.69 Å². The van der Waals surface area contributed by atoms with Gasteiger partial charge in [0.15, 0.2) is 0 Å². The van der Waals surface area contributed by atoms with Crippen LogP contribution in [0.5, 0.6) is 0 Å². The molecule has 1 N–H and O–H groups in total. The number of aromatic carboxylic acids is 1. The molecule has 0 radical (unpaired) electrons. The molecule has 0 unspecified atom stereocenters. The fraction of sp³-hybridized carbons (Fsp3) is 0.182. The minimum Gasteiger partial charge on any atom is -0.477 e. The molecule has 0 spiro atoms. The predicted molar refractivity (Wildman–Crippen MR) is 67.8 cm³/mol. The molecule has 0 aliphatic heterocycles. The number of carboxylic acid groups (broad SMARTS) is 1. The van der Waals surface area contributed by atoms with Gasteiger partial charge in [-0.05, 0) is 12.1 Å². The molecule has 7 heteroatoms. The van der Waals surface area contributed by atoms with Crippen molar-refractivity contribution in [2.45, 2.75) is 0 Å². The van der Waals surface area contributed by atoms with E-state index < -0.39 is 5.97 Å². The highest BCUT2D eigenvalue weighted by molar-refractivity contribution is 7.20. The van der Waals surface area contributed by atoms with Crippen molar-refractivity contribution in [2.24, 2.45) is 14.1 Å². The van der Waals surface area contributed by atoms with Crippen molar-refractivity contribution in [3.63, 3.8) is 0 Å². The molecule has 3 rings (SSSR count). The van der Waals surface area contributed by atoms with Crippen molar-refractivity contribution in [1.82, 2.24) is 19.6 Å². The molecule has 0 bridgehead atoms. The van der Waals surface area contributed by atoms with E-state index in [9.17, 15) is 4.79 Å². The number of aromatic nitrogens is 4. The Kier molecular flexibility index (Phi) is 2.24. The van der Waals surface area contributed by atoms with Gasteiger partial charge in [-0.2, -0.15) is 10.2 Å².